The van der Waals surface area contributed by atoms with Crippen molar-refractivity contribution in [2.24, 2.45) is 16.1 Å². The Labute approximate surface area is 172 Å². The van der Waals surface area contributed by atoms with Gasteiger partial charge in [0.15, 0.2) is 17.3 Å². The summed E-state index contributed by atoms with van der Waals surface area (Å²) < 4.78 is 26.0. The van der Waals surface area contributed by atoms with Crippen molar-refractivity contribution in [3.63, 3.8) is 0 Å². The molecule has 8 heteroatoms. The molecule has 0 aliphatic carbocycles. The molecule has 154 valence electrons. The van der Waals surface area contributed by atoms with Gasteiger partial charge in [-0.25, -0.2) is 9.37 Å². The molecule has 0 radical (unpaired) electrons. The maximum atomic E-state index is 14.4. The molecule has 0 spiro atoms. The van der Waals surface area contributed by atoms with Gasteiger partial charge in [-0.3, -0.25) is 0 Å². The predicted molar refractivity (Wildman–Crippen MR) is 111 cm³/mol. The first-order valence-electron chi connectivity index (χ1n) is 9.90. The van der Waals surface area contributed by atoms with Gasteiger partial charge in [0.2, 0.25) is 0 Å². The van der Waals surface area contributed by atoms with Crippen LogP contribution in [-0.4, -0.2) is 36.5 Å². The third-order valence-corrected chi connectivity index (χ3v) is 5.73. The van der Waals surface area contributed by atoms with Crippen LogP contribution in [0.25, 0.3) is 22.7 Å². The van der Waals surface area contributed by atoms with Crippen LogP contribution in [0.1, 0.15) is 23.3 Å². The lowest BCUT2D eigenvalue weighted by atomic mass is 9.88. The lowest BCUT2D eigenvalue weighted by Gasteiger charge is -2.27. The fourth-order valence-corrected chi connectivity index (χ4v) is 4.12. The minimum atomic E-state index is -0.938. The van der Waals surface area contributed by atoms with Gasteiger partial charge < -0.3 is 19.6 Å². The van der Waals surface area contributed by atoms with Crippen LogP contribution in [0.15, 0.2) is 45.1 Å². The van der Waals surface area contributed by atoms with Gasteiger partial charge in [-0.05, 0) is 49.6 Å². The maximum absolute atomic E-state index is 14.4. The molecular formula is C22H21FN4O3. The zero-order valence-corrected chi connectivity index (χ0v) is 16.4. The van der Waals surface area contributed by atoms with Crippen molar-refractivity contribution in [3.8, 4) is 11.5 Å². The first-order chi connectivity index (χ1) is 14.7. The number of fused-ring (bicyclic) bond motifs is 2. The number of nitrogens with one attached hydrogen (secondary N) is 1. The Kier molecular flexibility index (Phi) is 4.71. The first kappa shape index (κ1) is 18.7. The Hall–Kier alpha value is -3.26. The molecule has 0 saturated carbocycles. The highest BCUT2D eigenvalue weighted by molar-refractivity contribution is 5.95. The lowest BCUT2D eigenvalue weighted by molar-refractivity contribution is 0.179. The summed E-state index contributed by atoms with van der Waals surface area (Å²) in [6.07, 6.45) is 3.56. The van der Waals surface area contributed by atoms with Crippen LogP contribution in [0.3, 0.4) is 0 Å². The summed E-state index contributed by atoms with van der Waals surface area (Å²) in [7, 11) is 1.58. The summed E-state index contributed by atoms with van der Waals surface area (Å²) in [5, 5.41) is 22.6. The van der Waals surface area contributed by atoms with Crippen LogP contribution in [0.2, 0.25) is 0 Å². The topological polar surface area (TPSA) is 92.2 Å². The van der Waals surface area contributed by atoms with Gasteiger partial charge in [0, 0.05) is 29.9 Å². The van der Waals surface area contributed by atoms with Crippen LogP contribution >= 0.6 is 0 Å². The zero-order valence-electron chi connectivity index (χ0n) is 16.4. The maximum Gasteiger partial charge on any atom is 0.183 e. The molecule has 4 heterocycles. The van der Waals surface area contributed by atoms with Crippen LogP contribution in [0, 0.1) is 5.92 Å². The second kappa shape index (κ2) is 7.53. The Bertz CT molecular complexity index is 1170. The minimum Gasteiger partial charge on any atom is -0.504 e. The fraction of sp³-hybridized carbons (Fsp3) is 0.318. The van der Waals surface area contributed by atoms with E-state index >= 15 is 0 Å². The minimum absolute atomic E-state index is 0.0102. The zero-order chi connectivity index (χ0) is 20.7. The number of hydrogen-bond donors (Lipinski definition) is 2. The monoisotopic (exact) mass is 408 g/mol. The quantitative estimate of drug-likeness (QED) is 0.657. The Morgan fingerprint density at radius 3 is 3.07 bits per heavy atom. The number of rotatable bonds is 4. The number of piperidine rings is 1. The van der Waals surface area contributed by atoms with Crippen LogP contribution in [0.4, 0.5) is 10.2 Å². The second-order valence-electron chi connectivity index (χ2n) is 7.52. The molecule has 1 fully saturated rings. The molecule has 0 amide bonds. The van der Waals surface area contributed by atoms with Crippen molar-refractivity contribution in [2.75, 3.05) is 20.2 Å². The van der Waals surface area contributed by atoms with Crippen molar-refractivity contribution in [1.29, 1.82) is 0 Å². The highest BCUT2D eigenvalue weighted by Crippen LogP contribution is 2.42. The predicted octanol–water partition coefficient (Wildman–Crippen LogP) is 4.63. The van der Waals surface area contributed by atoms with Gasteiger partial charge in [-0.2, -0.15) is 0 Å². The number of benzene rings is 1. The number of aromatic hydroxyl groups is 1. The summed E-state index contributed by atoms with van der Waals surface area (Å²) in [6, 6.07) is 7.20. The number of ether oxygens (including phenoxy) is 1. The third kappa shape index (κ3) is 3.13. The molecule has 0 bridgehead atoms. The van der Waals surface area contributed by atoms with E-state index in [0.717, 1.165) is 24.1 Å². The Morgan fingerprint density at radius 2 is 2.23 bits per heavy atom. The normalized spacial score (nSPS) is 22.0. The molecule has 1 aromatic carbocycles. The molecule has 2 aromatic heterocycles. The van der Waals surface area contributed by atoms with Crippen LogP contribution < -0.4 is 10.1 Å². The number of halogens is 1. The molecule has 3 aromatic rings. The molecule has 2 atom stereocenters. The standard InChI is InChI=1S/C22H21FN4O3/c1-29-18-5-4-14-20(28)19(10-17-13-3-2-7-25-22(13)27-26-17)30-21(14)15(18)9-12-6-8-24-11-16(12)23/h2-5,7,10,12,16,24,28H,6,8-9,11H2,1H3/t12-,16-/m1/s1. The highest BCUT2D eigenvalue weighted by atomic mass is 19.1. The largest absolute Gasteiger partial charge is 0.504 e. The van der Waals surface area contributed by atoms with E-state index in [4.69, 9.17) is 9.15 Å². The van der Waals surface area contributed by atoms with Gasteiger partial charge >= 0.3 is 0 Å². The lowest BCUT2D eigenvalue weighted by Crippen LogP contribution is -2.38. The van der Waals surface area contributed by atoms with Crippen molar-refractivity contribution in [1.82, 2.24) is 10.3 Å². The number of hydrogen-bond acceptors (Lipinski definition) is 7. The van der Waals surface area contributed by atoms with E-state index in [-0.39, 0.29) is 17.4 Å². The van der Waals surface area contributed by atoms with E-state index in [1.807, 2.05) is 6.07 Å². The van der Waals surface area contributed by atoms with E-state index in [1.54, 1.807) is 37.6 Å². The average molecular weight is 408 g/mol. The molecule has 5 rings (SSSR count). The number of pyridine rings is 1. The first-order valence-corrected chi connectivity index (χ1v) is 9.90. The number of aromatic nitrogens is 1. The number of azo groups is 1. The summed E-state index contributed by atoms with van der Waals surface area (Å²) in [4.78, 5) is 4.17. The van der Waals surface area contributed by atoms with Crippen molar-refractivity contribution < 1.29 is 18.7 Å². The van der Waals surface area contributed by atoms with Gasteiger partial charge in [-0.15, -0.1) is 10.2 Å². The average Bonchev–Trinajstić information content (AvgIpc) is 3.32. The number of furan rings is 1. The molecule has 1 saturated heterocycles. The third-order valence-electron chi connectivity index (χ3n) is 5.73. The van der Waals surface area contributed by atoms with Crippen molar-refractivity contribution in [2.45, 2.75) is 19.0 Å². The van der Waals surface area contributed by atoms with Gasteiger partial charge in [0.25, 0.3) is 0 Å². The van der Waals surface area contributed by atoms with Gasteiger partial charge in [0.1, 0.15) is 23.2 Å². The summed E-state index contributed by atoms with van der Waals surface area (Å²) >= 11 is 0. The van der Waals surface area contributed by atoms with E-state index < -0.39 is 6.17 Å². The van der Waals surface area contributed by atoms with Crippen molar-refractivity contribution in [3.05, 3.63) is 47.3 Å². The number of nitrogens with zero attached hydrogens (tertiary/aromatic N) is 3. The van der Waals surface area contributed by atoms with Gasteiger partial charge in [0.05, 0.1) is 12.5 Å². The summed E-state index contributed by atoms with van der Waals surface area (Å²) in [5.74, 6) is 1.29. The van der Waals surface area contributed by atoms with E-state index in [0.29, 0.717) is 41.2 Å². The second-order valence-corrected chi connectivity index (χ2v) is 7.52. The molecule has 2 aliphatic heterocycles. The summed E-state index contributed by atoms with van der Waals surface area (Å²) in [5.41, 5.74) is 2.60. The van der Waals surface area contributed by atoms with E-state index in [9.17, 15) is 9.50 Å². The number of methoxy groups -OCH3 is 1. The fourth-order valence-electron chi connectivity index (χ4n) is 4.12. The van der Waals surface area contributed by atoms with Crippen LogP contribution in [0.5, 0.6) is 11.5 Å². The van der Waals surface area contributed by atoms with Crippen LogP contribution in [-0.2, 0) is 6.42 Å². The van der Waals surface area contributed by atoms with E-state index in [2.05, 4.69) is 20.5 Å². The molecule has 30 heavy (non-hydrogen) atoms. The molecule has 7 nitrogen and oxygen atoms in total. The van der Waals surface area contributed by atoms with Gasteiger partial charge in [-0.1, -0.05) is 0 Å². The van der Waals surface area contributed by atoms with E-state index in [1.165, 1.54) is 0 Å². The highest BCUT2D eigenvalue weighted by Gasteiger charge is 2.28. The smallest absolute Gasteiger partial charge is 0.183 e. The SMILES string of the molecule is COc1ccc2c(O)c(C=C3N=Nc4ncccc43)oc2c1C[C@H]1CCNC[C@H]1F. The Morgan fingerprint density at radius 1 is 1.33 bits per heavy atom. The van der Waals surface area contributed by atoms with Crippen molar-refractivity contribution >= 4 is 28.6 Å². The number of alkyl halides is 1. The molecular weight excluding hydrogens is 387 g/mol. The Balaban J connectivity index is 1.58. The molecule has 0 unspecified atom stereocenters. The summed E-state index contributed by atoms with van der Waals surface area (Å²) in [6.45, 7) is 1.13. The molecule has 2 aliphatic rings. The molecule has 2 N–H and O–H groups in total.